The van der Waals surface area contributed by atoms with E-state index in [4.69, 9.17) is 4.74 Å². The maximum Gasteiger partial charge on any atom is 0.234 e. The maximum atomic E-state index is 11.8. The first kappa shape index (κ1) is 18.6. The van der Waals surface area contributed by atoms with Gasteiger partial charge in [0.2, 0.25) is 5.91 Å². The number of nitrogens with one attached hydrogen (secondary N) is 2. The highest BCUT2D eigenvalue weighted by Crippen LogP contribution is 2.23. The van der Waals surface area contributed by atoms with Crippen molar-refractivity contribution >= 4 is 5.91 Å². The number of rotatable bonds is 9. The molecule has 140 valence electrons. The molecule has 0 spiro atoms. The zero-order valence-electron chi connectivity index (χ0n) is 15.3. The number of ether oxygens (including phenoxy) is 1. The highest BCUT2D eigenvalue weighted by Gasteiger charge is 2.04. The minimum absolute atomic E-state index is 0.0707. The molecule has 7 heteroatoms. The Kier molecular flexibility index (Phi) is 6.54. The van der Waals surface area contributed by atoms with Crippen LogP contribution in [0.25, 0.3) is 11.1 Å². The van der Waals surface area contributed by atoms with E-state index in [0.29, 0.717) is 19.7 Å². The average Bonchev–Trinajstić information content (AvgIpc) is 3.13. The minimum atomic E-state index is -0.0707. The van der Waals surface area contributed by atoms with Gasteiger partial charge in [-0.3, -0.25) is 14.5 Å². The Labute approximate surface area is 158 Å². The Morgan fingerprint density at radius 1 is 1.19 bits per heavy atom. The summed E-state index contributed by atoms with van der Waals surface area (Å²) in [6.45, 7) is 1.66. The standard InChI is InChI=1S/C20H23N5O2/c1-25-15-17(12-24-25)16-5-4-7-19(11-16)27-10-9-23-20(26)14-21-13-18-6-2-3-8-22-18/h2-8,11-12,15,21H,9-10,13-14H2,1H3,(H,23,26). The molecule has 0 unspecified atom stereocenters. The van der Waals surface area contributed by atoms with Crippen LogP contribution in [0.1, 0.15) is 5.69 Å². The number of aromatic nitrogens is 3. The normalized spacial score (nSPS) is 10.6. The molecule has 0 aliphatic heterocycles. The number of nitrogens with zero attached hydrogens (tertiary/aromatic N) is 3. The second-order valence-electron chi connectivity index (χ2n) is 6.05. The van der Waals surface area contributed by atoms with Gasteiger partial charge in [-0.05, 0) is 29.8 Å². The molecule has 0 bridgehead atoms. The summed E-state index contributed by atoms with van der Waals surface area (Å²) in [5, 5.41) is 10.1. The summed E-state index contributed by atoms with van der Waals surface area (Å²) in [5.41, 5.74) is 2.99. The molecule has 2 N–H and O–H groups in total. The number of benzene rings is 1. The molecule has 0 saturated heterocycles. The van der Waals surface area contributed by atoms with Crippen molar-refractivity contribution in [1.82, 2.24) is 25.4 Å². The predicted octanol–water partition coefficient (Wildman–Crippen LogP) is 1.77. The van der Waals surface area contributed by atoms with E-state index >= 15 is 0 Å². The predicted molar refractivity (Wildman–Crippen MR) is 103 cm³/mol. The summed E-state index contributed by atoms with van der Waals surface area (Å²) in [6.07, 6.45) is 5.51. The van der Waals surface area contributed by atoms with Crippen molar-refractivity contribution in [2.75, 3.05) is 19.7 Å². The van der Waals surface area contributed by atoms with Crippen molar-refractivity contribution in [2.24, 2.45) is 7.05 Å². The Hall–Kier alpha value is -3.19. The second kappa shape index (κ2) is 9.49. The van der Waals surface area contributed by atoms with Crippen molar-refractivity contribution < 1.29 is 9.53 Å². The third-order valence-electron chi connectivity index (χ3n) is 3.88. The van der Waals surface area contributed by atoms with Crippen LogP contribution in [0.2, 0.25) is 0 Å². The zero-order valence-corrected chi connectivity index (χ0v) is 15.3. The molecule has 2 heterocycles. The van der Waals surface area contributed by atoms with Gasteiger partial charge < -0.3 is 15.4 Å². The van der Waals surface area contributed by atoms with Crippen LogP contribution >= 0.6 is 0 Å². The fourth-order valence-electron chi connectivity index (χ4n) is 2.56. The first-order valence-electron chi connectivity index (χ1n) is 8.80. The van der Waals surface area contributed by atoms with Gasteiger partial charge in [-0.2, -0.15) is 5.10 Å². The maximum absolute atomic E-state index is 11.8. The van der Waals surface area contributed by atoms with Crippen LogP contribution in [0.4, 0.5) is 0 Å². The van der Waals surface area contributed by atoms with E-state index < -0.39 is 0 Å². The molecule has 7 nitrogen and oxygen atoms in total. The van der Waals surface area contributed by atoms with Gasteiger partial charge in [0.25, 0.3) is 0 Å². The molecule has 0 fully saturated rings. The van der Waals surface area contributed by atoms with Gasteiger partial charge in [-0.25, -0.2) is 0 Å². The monoisotopic (exact) mass is 365 g/mol. The van der Waals surface area contributed by atoms with Gasteiger partial charge in [-0.1, -0.05) is 18.2 Å². The van der Waals surface area contributed by atoms with Crippen LogP contribution in [0, 0.1) is 0 Å². The van der Waals surface area contributed by atoms with Gasteiger partial charge in [0.1, 0.15) is 12.4 Å². The number of carbonyl (C=O) groups is 1. The molecule has 0 atom stereocenters. The highest BCUT2D eigenvalue weighted by atomic mass is 16.5. The van der Waals surface area contributed by atoms with E-state index in [2.05, 4.69) is 20.7 Å². The molecule has 1 aromatic carbocycles. The van der Waals surface area contributed by atoms with Crippen molar-refractivity contribution in [3.8, 4) is 16.9 Å². The molecule has 3 aromatic rings. The minimum Gasteiger partial charge on any atom is -0.492 e. The number of aryl methyl sites for hydroxylation is 1. The van der Waals surface area contributed by atoms with E-state index in [1.165, 1.54) is 0 Å². The quantitative estimate of drug-likeness (QED) is 0.565. The molecular formula is C20H23N5O2. The molecule has 0 saturated carbocycles. The highest BCUT2D eigenvalue weighted by molar-refractivity contribution is 5.77. The summed E-state index contributed by atoms with van der Waals surface area (Å²) in [7, 11) is 1.89. The van der Waals surface area contributed by atoms with Crippen molar-refractivity contribution in [3.63, 3.8) is 0 Å². The van der Waals surface area contributed by atoms with Crippen molar-refractivity contribution in [1.29, 1.82) is 0 Å². The molecular weight excluding hydrogens is 342 g/mol. The fraction of sp³-hybridized carbons (Fsp3) is 0.250. The van der Waals surface area contributed by atoms with Gasteiger partial charge in [-0.15, -0.1) is 0 Å². The lowest BCUT2D eigenvalue weighted by Crippen LogP contribution is -2.35. The van der Waals surface area contributed by atoms with Crippen LogP contribution < -0.4 is 15.4 Å². The Morgan fingerprint density at radius 2 is 2.11 bits per heavy atom. The van der Waals surface area contributed by atoms with Crippen LogP contribution in [-0.4, -0.2) is 40.4 Å². The van der Waals surface area contributed by atoms with Gasteiger partial charge in [0.05, 0.1) is 25.0 Å². The van der Waals surface area contributed by atoms with Crippen LogP contribution in [0.5, 0.6) is 5.75 Å². The summed E-state index contributed by atoms with van der Waals surface area (Å²) in [4.78, 5) is 16.0. The Balaban J connectivity index is 1.35. The largest absolute Gasteiger partial charge is 0.492 e. The van der Waals surface area contributed by atoms with Crippen LogP contribution in [-0.2, 0) is 18.4 Å². The van der Waals surface area contributed by atoms with E-state index in [-0.39, 0.29) is 12.5 Å². The van der Waals surface area contributed by atoms with E-state index in [1.54, 1.807) is 10.9 Å². The molecule has 27 heavy (non-hydrogen) atoms. The van der Waals surface area contributed by atoms with Crippen molar-refractivity contribution in [2.45, 2.75) is 6.54 Å². The lowest BCUT2D eigenvalue weighted by Gasteiger charge is -2.09. The van der Waals surface area contributed by atoms with E-state index in [0.717, 1.165) is 22.6 Å². The fourth-order valence-corrected chi connectivity index (χ4v) is 2.56. The number of hydrogen-bond acceptors (Lipinski definition) is 5. The van der Waals surface area contributed by atoms with E-state index in [9.17, 15) is 4.79 Å². The van der Waals surface area contributed by atoms with Crippen molar-refractivity contribution in [3.05, 3.63) is 66.7 Å². The number of amides is 1. The Morgan fingerprint density at radius 3 is 2.89 bits per heavy atom. The van der Waals surface area contributed by atoms with Crippen LogP contribution in [0.3, 0.4) is 0 Å². The SMILES string of the molecule is Cn1cc(-c2cccc(OCCNC(=O)CNCc3ccccn3)c2)cn1. The van der Waals surface area contributed by atoms with Gasteiger partial charge >= 0.3 is 0 Å². The first-order valence-corrected chi connectivity index (χ1v) is 8.80. The Bertz CT molecular complexity index is 864. The third-order valence-corrected chi connectivity index (χ3v) is 3.88. The topological polar surface area (TPSA) is 81.1 Å². The lowest BCUT2D eigenvalue weighted by atomic mass is 10.1. The molecule has 3 rings (SSSR count). The summed E-state index contributed by atoms with van der Waals surface area (Å²) < 4.78 is 7.49. The number of pyridine rings is 1. The summed E-state index contributed by atoms with van der Waals surface area (Å²) in [6, 6.07) is 13.5. The first-order chi connectivity index (χ1) is 13.2. The van der Waals surface area contributed by atoms with Crippen LogP contribution in [0.15, 0.2) is 61.1 Å². The molecule has 0 aliphatic rings. The third kappa shape index (κ3) is 5.93. The number of hydrogen-bond donors (Lipinski definition) is 2. The molecule has 0 radical (unpaired) electrons. The molecule has 2 aromatic heterocycles. The molecule has 1 amide bonds. The van der Waals surface area contributed by atoms with E-state index in [1.807, 2.05) is 61.9 Å². The van der Waals surface area contributed by atoms with Gasteiger partial charge in [0.15, 0.2) is 0 Å². The smallest absolute Gasteiger partial charge is 0.234 e. The lowest BCUT2D eigenvalue weighted by molar-refractivity contribution is -0.120. The second-order valence-corrected chi connectivity index (χ2v) is 6.05. The number of carbonyl (C=O) groups excluding carboxylic acids is 1. The summed E-state index contributed by atoms with van der Waals surface area (Å²) >= 11 is 0. The van der Waals surface area contributed by atoms with Gasteiger partial charge in [0, 0.05) is 31.5 Å². The zero-order chi connectivity index (χ0) is 18.9. The summed E-state index contributed by atoms with van der Waals surface area (Å²) in [5.74, 6) is 0.692. The molecule has 0 aliphatic carbocycles. The average molecular weight is 365 g/mol.